The molecular formula is C19H17Cl2N5O3. The van der Waals surface area contributed by atoms with Crippen LogP contribution in [0.5, 0.6) is 5.75 Å². The van der Waals surface area contributed by atoms with Crippen molar-refractivity contribution in [2.75, 3.05) is 17.7 Å². The van der Waals surface area contributed by atoms with Gasteiger partial charge in [0.05, 0.1) is 28.5 Å². The van der Waals surface area contributed by atoms with Crippen LogP contribution in [0.4, 0.5) is 11.4 Å². The minimum absolute atomic E-state index is 0.102. The number of amides is 2. The summed E-state index contributed by atoms with van der Waals surface area (Å²) in [4.78, 5) is 24.8. The van der Waals surface area contributed by atoms with Crippen LogP contribution in [-0.4, -0.2) is 33.9 Å². The number of nitrogens with zero attached hydrogens (tertiary/aromatic N) is 3. The van der Waals surface area contributed by atoms with Gasteiger partial charge in [-0.05, 0) is 37.3 Å². The number of benzene rings is 2. The fourth-order valence-electron chi connectivity index (χ4n) is 2.55. The summed E-state index contributed by atoms with van der Waals surface area (Å²) in [5, 5.41) is 13.9. The number of aromatic nitrogens is 3. The number of anilines is 2. The van der Waals surface area contributed by atoms with Crippen molar-refractivity contribution in [1.82, 2.24) is 15.0 Å². The van der Waals surface area contributed by atoms with E-state index in [0.29, 0.717) is 32.9 Å². The maximum absolute atomic E-state index is 12.5. The third-order valence-electron chi connectivity index (χ3n) is 4.05. The number of ether oxygens (including phenoxy) is 1. The van der Waals surface area contributed by atoms with Gasteiger partial charge in [-0.15, -0.1) is 5.10 Å². The quantitative estimate of drug-likeness (QED) is 0.615. The molecule has 1 heterocycles. The molecule has 0 aliphatic rings. The molecule has 0 aliphatic carbocycles. The van der Waals surface area contributed by atoms with Crippen LogP contribution in [0.3, 0.4) is 0 Å². The first-order chi connectivity index (χ1) is 13.9. The van der Waals surface area contributed by atoms with E-state index in [4.69, 9.17) is 27.9 Å². The molecule has 0 saturated heterocycles. The van der Waals surface area contributed by atoms with Crippen LogP contribution in [0.2, 0.25) is 10.0 Å². The Hall–Kier alpha value is -3.10. The Bertz CT molecular complexity index is 1070. The molecule has 0 fully saturated rings. The fraction of sp³-hybridized carbons (Fsp3) is 0.158. The first kappa shape index (κ1) is 20.6. The molecular weight excluding hydrogens is 417 g/mol. The van der Waals surface area contributed by atoms with Crippen LogP contribution in [0.1, 0.15) is 16.2 Å². The summed E-state index contributed by atoms with van der Waals surface area (Å²) >= 11 is 12.1. The van der Waals surface area contributed by atoms with Crippen LogP contribution in [0.25, 0.3) is 0 Å². The van der Waals surface area contributed by atoms with E-state index in [1.165, 1.54) is 11.8 Å². The normalized spacial score (nSPS) is 10.5. The van der Waals surface area contributed by atoms with Crippen molar-refractivity contribution in [2.45, 2.75) is 13.5 Å². The molecule has 10 heteroatoms. The zero-order valence-corrected chi connectivity index (χ0v) is 17.1. The van der Waals surface area contributed by atoms with E-state index < -0.39 is 5.91 Å². The van der Waals surface area contributed by atoms with Crippen molar-refractivity contribution in [3.63, 3.8) is 0 Å². The lowest BCUT2D eigenvalue weighted by Gasteiger charge is -2.09. The van der Waals surface area contributed by atoms with Crippen molar-refractivity contribution < 1.29 is 14.3 Å². The molecule has 2 aromatic carbocycles. The van der Waals surface area contributed by atoms with Gasteiger partial charge in [0.15, 0.2) is 5.69 Å². The second-order valence-corrected chi connectivity index (χ2v) is 6.83. The van der Waals surface area contributed by atoms with Crippen molar-refractivity contribution in [1.29, 1.82) is 0 Å². The zero-order chi connectivity index (χ0) is 21.0. The van der Waals surface area contributed by atoms with E-state index in [9.17, 15) is 9.59 Å². The summed E-state index contributed by atoms with van der Waals surface area (Å²) in [6, 6.07) is 11.7. The number of carbonyl (C=O) groups is 2. The van der Waals surface area contributed by atoms with E-state index in [1.807, 2.05) is 0 Å². The van der Waals surface area contributed by atoms with Gasteiger partial charge in [-0.2, -0.15) is 0 Å². The highest BCUT2D eigenvalue weighted by atomic mass is 35.5. The van der Waals surface area contributed by atoms with Gasteiger partial charge in [-0.3, -0.25) is 9.59 Å². The Balaban J connectivity index is 1.67. The lowest BCUT2D eigenvalue weighted by Crippen LogP contribution is -2.21. The number of methoxy groups -OCH3 is 1. The molecule has 0 unspecified atom stereocenters. The highest BCUT2D eigenvalue weighted by Crippen LogP contribution is 2.27. The van der Waals surface area contributed by atoms with Crippen molar-refractivity contribution in [2.24, 2.45) is 0 Å². The molecule has 0 spiro atoms. The molecule has 3 aromatic rings. The summed E-state index contributed by atoms with van der Waals surface area (Å²) in [5.74, 6) is -0.313. The Morgan fingerprint density at radius 1 is 1.10 bits per heavy atom. The third-order valence-corrected chi connectivity index (χ3v) is 4.67. The van der Waals surface area contributed by atoms with Crippen LogP contribution in [-0.2, 0) is 11.3 Å². The zero-order valence-electron chi connectivity index (χ0n) is 15.6. The molecule has 150 valence electrons. The highest BCUT2D eigenvalue weighted by molar-refractivity contribution is 6.34. The number of hydrogen-bond donors (Lipinski definition) is 2. The first-order valence-electron chi connectivity index (χ1n) is 8.48. The number of nitrogens with one attached hydrogen (secondary N) is 2. The van der Waals surface area contributed by atoms with E-state index in [-0.39, 0.29) is 18.1 Å². The van der Waals surface area contributed by atoms with Gasteiger partial charge in [-0.1, -0.05) is 40.5 Å². The number of para-hydroxylation sites is 1. The second kappa shape index (κ2) is 8.93. The van der Waals surface area contributed by atoms with Gasteiger partial charge < -0.3 is 15.4 Å². The second-order valence-electron chi connectivity index (χ2n) is 6.01. The number of rotatable bonds is 6. The van der Waals surface area contributed by atoms with Gasteiger partial charge in [0.1, 0.15) is 12.3 Å². The van der Waals surface area contributed by atoms with Gasteiger partial charge in [0.25, 0.3) is 5.91 Å². The Morgan fingerprint density at radius 3 is 2.55 bits per heavy atom. The largest absolute Gasteiger partial charge is 0.495 e. The molecule has 2 amide bonds. The maximum atomic E-state index is 12.5. The van der Waals surface area contributed by atoms with Crippen molar-refractivity contribution in [3.05, 3.63) is 63.9 Å². The Kier molecular flexibility index (Phi) is 6.36. The van der Waals surface area contributed by atoms with Crippen LogP contribution in [0.15, 0.2) is 42.5 Å². The van der Waals surface area contributed by atoms with E-state index in [2.05, 4.69) is 20.9 Å². The molecule has 0 bridgehead atoms. The first-order valence-corrected chi connectivity index (χ1v) is 9.24. The number of hydrogen-bond acceptors (Lipinski definition) is 5. The fourth-order valence-corrected chi connectivity index (χ4v) is 2.99. The highest BCUT2D eigenvalue weighted by Gasteiger charge is 2.19. The maximum Gasteiger partial charge on any atom is 0.278 e. The molecule has 2 N–H and O–H groups in total. The number of halogens is 2. The molecule has 29 heavy (non-hydrogen) atoms. The summed E-state index contributed by atoms with van der Waals surface area (Å²) in [5.41, 5.74) is 1.51. The molecule has 8 nitrogen and oxygen atoms in total. The van der Waals surface area contributed by atoms with Gasteiger partial charge in [-0.25, -0.2) is 4.68 Å². The standard InChI is InChI=1S/C19H17Cl2N5O3/c1-11-18(19(28)23-15-6-4-3-5-13(15)20)24-25-26(11)10-17(27)22-12-7-8-16(29-2)14(21)9-12/h3-9H,10H2,1-2H3,(H,22,27)(H,23,28). The monoisotopic (exact) mass is 433 g/mol. The van der Waals surface area contributed by atoms with Crippen molar-refractivity contribution in [3.8, 4) is 5.75 Å². The SMILES string of the molecule is COc1ccc(NC(=O)Cn2nnc(C(=O)Nc3ccccc3Cl)c2C)cc1Cl. The molecule has 0 radical (unpaired) electrons. The van der Waals surface area contributed by atoms with E-state index >= 15 is 0 Å². The lowest BCUT2D eigenvalue weighted by atomic mass is 10.2. The third kappa shape index (κ3) is 4.85. The van der Waals surface area contributed by atoms with Gasteiger partial charge in [0.2, 0.25) is 5.91 Å². The Morgan fingerprint density at radius 2 is 1.86 bits per heavy atom. The molecule has 0 atom stereocenters. The minimum Gasteiger partial charge on any atom is -0.495 e. The predicted octanol–water partition coefficient (Wildman–Crippen LogP) is 3.79. The topological polar surface area (TPSA) is 98.1 Å². The summed E-state index contributed by atoms with van der Waals surface area (Å²) in [6.07, 6.45) is 0. The summed E-state index contributed by atoms with van der Waals surface area (Å²) in [6.45, 7) is 1.53. The molecule has 0 saturated carbocycles. The smallest absolute Gasteiger partial charge is 0.278 e. The minimum atomic E-state index is -0.468. The van der Waals surface area contributed by atoms with Gasteiger partial charge >= 0.3 is 0 Å². The van der Waals surface area contributed by atoms with Crippen LogP contribution < -0.4 is 15.4 Å². The lowest BCUT2D eigenvalue weighted by molar-refractivity contribution is -0.117. The van der Waals surface area contributed by atoms with Crippen LogP contribution in [0, 0.1) is 6.92 Å². The Labute approximate surface area is 176 Å². The van der Waals surface area contributed by atoms with Crippen LogP contribution >= 0.6 is 23.2 Å². The number of carbonyl (C=O) groups excluding carboxylic acids is 2. The average molecular weight is 434 g/mol. The van der Waals surface area contributed by atoms with E-state index in [0.717, 1.165) is 0 Å². The summed E-state index contributed by atoms with van der Waals surface area (Å²) < 4.78 is 6.41. The van der Waals surface area contributed by atoms with Gasteiger partial charge in [0, 0.05) is 5.69 Å². The molecule has 1 aromatic heterocycles. The van der Waals surface area contributed by atoms with Crippen molar-refractivity contribution >= 4 is 46.4 Å². The summed E-state index contributed by atoms with van der Waals surface area (Å²) in [7, 11) is 1.51. The molecule has 0 aliphatic heterocycles. The molecule has 3 rings (SSSR count). The van der Waals surface area contributed by atoms with E-state index in [1.54, 1.807) is 49.4 Å². The predicted molar refractivity (Wildman–Crippen MR) is 111 cm³/mol. The average Bonchev–Trinajstić information content (AvgIpc) is 3.04.